The first-order valence-corrected chi connectivity index (χ1v) is 6.77. The highest BCUT2D eigenvalue weighted by Gasteiger charge is 2.16. The molecule has 2 aromatic rings. The van der Waals surface area contributed by atoms with Crippen molar-refractivity contribution in [2.45, 2.75) is 25.9 Å². The monoisotopic (exact) mass is 273 g/mol. The second kappa shape index (κ2) is 6.53. The quantitative estimate of drug-likeness (QED) is 0.879. The lowest BCUT2D eigenvalue weighted by atomic mass is 10.0. The van der Waals surface area contributed by atoms with Gasteiger partial charge in [-0.25, -0.2) is 4.39 Å². The summed E-state index contributed by atoms with van der Waals surface area (Å²) in [6.07, 6.45) is 0. The molecule has 0 heterocycles. The number of para-hydroxylation sites is 1. The second-order valence-electron chi connectivity index (χ2n) is 4.87. The van der Waals surface area contributed by atoms with E-state index in [4.69, 9.17) is 4.74 Å². The number of hydrogen-bond donors (Lipinski definition) is 1. The Morgan fingerprint density at radius 1 is 0.900 bits per heavy atom. The molecule has 0 fully saturated rings. The van der Waals surface area contributed by atoms with Crippen molar-refractivity contribution in [3.63, 3.8) is 0 Å². The molecule has 1 N–H and O–H groups in total. The Balaban J connectivity index is 2.15. The molecule has 0 amide bonds. The maximum atomic E-state index is 13.8. The van der Waals surface area contributed by atoms with E-state index in [0.717, 1.165) is 11.3 Å². The average molecular weight is 273 g/mol. The van der Waals surface area contributed by atoms with E-state index in [2.05, 4.69) is 12.2 Å². The van der Waals surface area contributed by atoms with Crippen LogP contribution in [-0.2, 0) is 0 Å². The molecule has 2 rings (SSSR count). The number of nitrogens with one attached hydrogen (secondary N) is 1. The normalized spacial score (nSPS) is 13.8. The Bertz CT molecular complexity index is 570. The zero-order chi connectivity index (χ0) is 14.5. The molecular weight excluding hydrogens is 253 g/mol. The SMILES string of the molecule is COc1ccccc1C(C)NC(C)c1ccccc1F. The lowest BCUT2D eigenvalue weighted by Gasteiger charge is -2.22. The van der Waals surface area contributed by atoms with Crippen LogP contribution in [0.1, 0.15) is 37.1 Å². The van der Waals surface area contributed by atoms with Crippen molar-refractivity contribution in [2.24, 2.45) is 0 Å². The molecule has 0 bridgehead atoms. The maximum absolute atomic E-state index is 13.8. The van der Waals surface area contributed by atoms with Gasteiger partial charge in [0.25, 0.3) is 0 Å². The number of ether oxygens (including phenoxy) is 1. The van der Waals surface area contributed by atoms with Gasteiger partial charge in [0.15, 0.2) is 0 Å². The minimum atomic E-state index is -0.181. The molecule has 2 nitrogen and oxygen atoms in total. The Labute approximate surface area is 119 Å². The highest BCUT2D eigenvalue weighted by atomic mass is 19.1. The summed E-state index contributed by atoms with van der Waals surface area (Å²) in [5.74, 6) is 0.660. The van der Waals surface area contributed by atoms with Crippen molar-refractivity contribution in [1.82, 2.24) is 5.32 Å². The van der Waals surface area contributed by atoms with Crippen LogP contribution in [0.2, 0.25) is 0 Å². The summed E-state index contributed by atoms with van der Waals surface area (Å²) in [7, 11) is 1.66. The van der Waals surface area contributed by atoms with Gasteiger partial charge in [0.05, 0.1) is 7.11 Å². The van der Waals surface area contributed by atoms with E-state index >= 15 is 0 Å². The van der Waals surface area contributed by atoms with Crippen LogP contribution in [0.3, 0.4) is 0 Å². The minimum Gasteiger partial charge on any atom is -0.496 e. The van der Waals surface area contributed by atoms with Crippen LogP contribution in [0, 0.1) is 5.82 Å². The second-order valence-corrected chi connectivity index (χ2v) is 4.87. The Morgan fingerprint density at radius 3 is 2.10 bits per heavy atom. The van der Waals surface area contributed by atoms with Crippen molar-refractivity contribution >= 4 is 0 Å². The van der Waals surface area contributed by atoms with Crippen LogP contribution < -0.4 is 10.1 Å². The van der Waals surface area contributed by atoms with Crippen molar-refractivity contribution in [3.8, 4) is 5.75 Å². The van der Waals surface area contributed by atoms with Crippen molar-refractivity contribution in [2.75, 3.05) is 7.11 Å². The molecule has 0 aliphatic rings. The summed E-state index contributed by atoms with van der Waals surface area (Å²) in [4.78, 5) is 0. The molecule has 2 atom stereocenters. The smallest absolute Gasteiger partial charge is 0.127 e. The Kier molecular flexibility index (Phi) is 4.74. The van der Waals surface area contributed by atoms with E-state index in [-0.39, 0.29) is 17.9 Å². The third-order valence-electron chi connectivity index (χ3n) is 3.48. The number of rotatable bonds is 5. The molecule has 0 aromatic heterocycles. The number of methoxy groups -OCH3 is 1. The van der Waals surface area contributed by atoms with E-state index in [0.29, 0.717) is 5.56 Å². The molecule has 2 unspecified atom stereocenters. The first kappa shape index (κ1) is 14.5. The average Bonchev–Trinajstić information content (AvgIpc) is 2.47. The van der Waals surface area contributed by atoms with E-state index < -0.39 is 0 Å². The summed E-state index contributed by atoms with van der Waals surface area (Å²) >= 11 is 0. The lowest BCUT2D eigenvalue weighted by Crippen LogP contribution is -2.23. The van der Waals surface area contributed by atoms with Gasteiger partial charge >= 0.3 is 0 Å². The highest BCUT2D eigenvalue weighted by molar-refractivity contribution is 5.35. The van der Waals surface area contributed by atoms with E-state index in [1.54, 1.807) is 13.2 Å². The fourth-order valence-corrected chi connectivity index (χ4v) is 2.40. The van der Waals surface area contributed by atoms with Gasteiger partial charge in [-0.2, -0.15) is 0 Å². The molecule has 20 heavy (non-hydrogen) atoms. The predicted octanol–water partition coefficient (Wildman–Crippen LogP) is 4.25. The van der Waals surface area contributed by atoms with Crippen LogP contribution in [0.4, 0.5) is 4.39 Å². The molecule has 0 saturated carbocycles. The van der Waals surface area contributed by atoms with Crippen LogP contribution in [-0.4, -0.2) is 7.11 Å². The largest absolute Gasteiger partial charge is 0.496 e. The molecule has 2 aromatic carbocycles. The summed E-state index contributed by atoms with van der Waals surface area (Å²) in [5.41, 5.74) is 1.74. The van der Waals surface area contributed by atoms with Gasteiger partial charge in [-0.05, 0) is 26.0 Å². The third-order valence-corrected chi connectivity index (χ3v) is 3.48. The van der Waals surface area contributed by atoms with Gasteiger partial charge in [-0.1, -0.05) is 36.4 Å². The van der Waals surface area contributed by atoms with Crippen molar-refractivity contribution < 1.29 is 9.13 Å². The molecule has 0 aliphatic heterocycles. The Morgan fingerprint density at radius 2 is 1.45 bits per heavy atom. The van der Waals surface area contributed by atoms with Gasteiger partial charge in [0.1, 0.15) is 11.6 Å². The number of halogens is 1. The van der Waals surface area contributed by atoms with Crippen LogP contribution in [0.15, 0.2) is 48.5 Å². The van der Waals surface area contributed by atoms with Gasteiger partial charge in [-0.15, -0.1) is 0 Å². The molecule has 0 spiro atoms. The predicted molar refractivity (Wildman–Crippen MR) is 79.4 cm³/mol. The standard InChI is InChI=1S/C17H20FNO/c1-12(14-8-4-6-10-16(14)18)19-13(2)15-9-5-7-11-17(15)20-3/h4-13,19H,1-3H3. The van der Waals surface area contributed by atoms with Gasteiger partial charge in [-0.3, -0.25) is 0 Å². The summed E-state index contributed by atoms with van der Waals surface area (Å²) < 4.78 is 19.1. The molecule has 0 aliphatic carbocycles. The number of hydrogen-bond acceptors (Lipinski definition) is 2. The zero-order valence-corrected chi connectivity index (χ0v) is 12.1. The Hall–Kier alpha value is -1.87. The summed E-state index contributed by atoms with van der Waals surface area (Å²) in [6, 6.07) is 14.7. The molecular formula is C17H20FNO. The van der Waals surface area contributed by atoms with Crippen LogP contribution >= 0.6 is 0 Å². The van der Waals surface area contributed by atoms with E-state index in [1.807, 2.05) is 43.3 Å². The first-order valence-electron chi connectivity index (χ1n) is 6.77. The fourth-order valence-electron chi connectivity index (χ4n) is 2.40. The van der Waals surface area contributed by atoms with Crippen LogP contribution in [0.5, 0.6) is 5.75 Å². The topological polar surface area (TPSA) is 21.3 Å². The third kappa shape index (κ3) is 3.17. The van der Waals surface area contributed by atoms with E-state index in [1.165, 1.54) is 6.07 Å². The maximum Gasteiger partial charge on any atom is 0.127 e. The van der Waals surface area contributed by atoms with Gasteiger partial charge < -0.3 is 10.1 Å². The summed E-state index contributed by atoms with van der Waals surface area (Å²) in [5, 5.41) is 3.41. The molecule has 0 saturated heterocycles. The highest BCUT2D eigenvalue weighted by Crippen LogP contribution is 2.27. The van der Waals surface area contributed by atoms with Gasteiger partial charge in [0, 0.05) is 23.2 Å². The lowest BCUT2D eigenvalue weighted by molar-refractivity contribution is 0.395. The minimum absolute atomic E-state index is 0.0701. The summed E-state index contributed by atoms with van der Waals surface area (Å²) in [6.45, 7) is 4.01. The number of benzene rings is 2. The van der Waals surface area contributed by atoms with Crippen molar-refractivity contribution in [3.05, 3.63) is 65.5 Å². The van der Waals surface area contributed by atoms with E-state index in [9.17, 15) is 4.39 Å². The first-order chi connectivity index (χ1) is 9.63. The van der Waals surface area contributed by atoms with Gasteiger partial charge in [0.2, 0.25) is 0 Å². The fraction of sp³-hybridized carbons (Fsp3) is 0.294. The molecule has 3 heteroatoms. The van der Waals surface area contributed by atoms with Crippen molar-refractivity contribution in [1.29, 1.82) is 0 Å². The molecule has 106 valence electrons. The zero-order valence-electron chi connectivity index (χ0n) is 12.1. The molecule has 0 radical (unpaired) electrons. The van der Waals surface area contributed by atoms with Crippen LogP contribution in [0.25, 0.3) is 0 Å².